The highest BCUT2D eigenvalue weighted by Crippen LogP contribution is 2.48. The molecular weight excluding hydrogens is 284 g/mol. The van der Waals surface area contributed by atoms with Gasteiger partial charge in [0.05, 0.1) is 6.26 Å². The maximum absolute atomic E-state index is 11.3. The molecule has 1 aromatic rings. The molecule has 0 amide bonds. The van der Waals surface area contributed by atoms with Gasteiger partial charge in [-0.25, -0.2) is 13.1 Å². The first-order chi connectivity index (χ1) is 9.85. The Morgan fingerprint density at radius 2 is 2.05 bits per heavy atom. The number of likely N-dealkylation sites (tertiary alicyclic amines) is 1. The second kappa shape index (κ2) is 5.38. The Morgan fingerprint density at radius 3 is 2.71 bits per heavy atom. The van der Waals surface area contributed by atoms with Crippen LogP contribution in [-0.4, -0.2) is 38.7 Å². The molecule has 1 aromatic carbocycles. The smallest absolute Gasteiger partial charge is 0.208 e. The largest absolute Gasteiger partial charge is 0.298 e. The molecule has 2 aliphatic rings. The van der Waals surface area contributed by atoms with Crippen LogP contribution in [0.25, 0.3) is 0 Å². The molecule has 0 aromatic heterocycles. The minimum atomic E-state index is -3.06. The lowest BCUT2D eigenvalue weighted by Crippen LogP contribution is -2.51. The van der Waals surface area contributed by atoms with Crippen molar-refractivity contribution in [1.82, 2.24) is 9.62 Å². The average Bonchev–Trinajstić information content (AvgIpc) is 2.74. The summed E-state index contributed by atoms with van der Waals surface area (Å²) in [7, 11) is -3.06. The van der Waals surface area contributed by atoms with Crippen molar-refractivity contribution in [2.45, 2.75) is 38.8 Å². The molecule has 2 fully saturated rings. The first-order valence-electron chi connectivity index (χ1n) is 7.59. The number of rotatable bonds is 4. The summed E-state index contributed by atoms with van der Waals surface area (Å²) in [4.78, 5) is 2.51. The number of hydrogen-bond donors (Lipinski definition) is 1. The van der Waals surface area contributed by atoms with Crippen LogP contribution in [0.15, 0.2) is 24.3 Å². The number of aryl methyl sites for hydroxylation is 1. The molecule has 21 heavy (non-hydrogen) atoms. The van der Waals surface area contributed by atoms with Crippen LogP contribution in [0.1, 0.15) is 30.4 Å². The molecule has 0 unspecified atom stereocenters. The molecule has 5 heteroatoms. The monoisotopic (exact) mass is 308 g/mol. The Balaban J connectivity index is 1.54. The van der Waals surface area contributed by atoms with Gasteiger partial charge >= 0.3 is 0 Å². The van der Waals surface area contributed by atoms with Gasteiger partial charge in [-0.2, -0.15) is 0 Å². The minimum Gasteiger partial charge on any atom is -0.298 e. The number of nitrogens with one attached hydrogen (secondary N) is 1. The average molecular weight is 308 g/mol. The third-order valence-electron chi connectivity index (χ3n) is 4.91. The lowest BCUT2D eigenvalue weighted by molar-refractivity contribution is 0.101. The fraction of sp³-hybridized carbons (Fsp3) is 0.625. The minimum absolute atomic E-state index is 0.151. The molecular formula is C16H24N2O2S. The number of hydrogen-bond acceptors (Lipinski definition) is 3. The molecule has 4 nitrogen and oxygen atoms in total. The van der Waals surface area contributed by atoms with Gasteiger partial charge in [0.1, 0.15) is 0 Å². The Hall–Kier alpha value is -0.910. The van der Waals surface area contributed by atoms with Crippen LogP contribution < -0.4 is 4.72 Å². The van der Waals surface area contributed by atoms with Crippen molar-refractivity contribution in [3.63, 3.8) is 0 Å². The quantitative estimate of drug-likeness (QED) is 0.924. The Bertz CT molecular complexity index is 621. The van der Waals surface area contributed by atoms with Gasteiger partial charge in [0.25, 0.3) is 0 Å². The highest BCUT2D eigenvalue weighted by molar-refractivity contribution is 7.88. The van der Waals surface area contributed by atoms with E-state index >= 15 is 0 Å². The van der Waals surface area contributed by atoms with Crippen molar-refractivity contribution < 1.29 is 8.42 Å². The van der Waals surface area contributed by atoms with Gasteiger partial charge in [0.15, 0.2) is 0 Å². The van der Waals surface area contributed by atoms with Crippen LogP contribution in [0, 0.1) is 12.3 Å². The maximum atomic E-state index is 11.3. The Morgan fingerprint density at radius 1 is 1.33 bits per heavy atom. The van der Waals surface area contributed by atoms with Crippen molar-refractivity contribution in [2.75, 3.05) is 19.3 Å². The summed E-state index contributed by atoms with van der Waals surface area (Å²) in [5.74, 6) is 0. The zero-order valence-electron chi connectivity index (χ0n) is 12.8. The first-order valence-corrected chi connectivity index (χ1v) is 9.49. The van der Waals surface area contributed by atoms with Gasteiger partial charge in [-0.05, 0) is 49.3 Å². The summed E-state index contributed by atoms with van der Waals surface area (Å²) in [5, 5.41) is 0. The normalized spacial score (nSPS) is 29.7. The van der Waals surface area contributed by atoms with E-state index in [2.05, 4.69) is 40.8 Å². The molecule has 1 spiro atoms. The van der Waals surface area contributed by atoms with Gasteiger partial charge < -0.3 is 0 Å². The molecule has 1 heterocycles. The summed E-state index contributed by atoms with van der Waals surface area (Å²) in [6, 6.07) is 8.70. The molecule has 0 bridgehead atoms. The third kappa shape index (κ3) is 3.47. The van der Waals surface area contributed by atoms with E-state index in [9.17, 15) is 8.42 Å². The predicted molar refractivity (Wildman–Crippen MR) is 84.5 cm³/mol. The third-order valence-corrected chi connectivity index (χ3v) is 5.67. The van der Waals surface area contributed by atoms with Crippen LogP contribution in [-0.2, 0) is 16.6 Å². The van der Waals surface area contributed by atoms with Crippen molar-refractivity contribution in [2.24, 2.45) is 5.41 Å². The van der Waals surface area contributed by atoms with Crippen LogP contribution in [0.5, 0.6) is 0 Å². The van der Waals surface area contributed by atoms with E-state index in [4.69, 9.17) is 0 Å². The van der Waals surface area contributed by atoms with Gasteiger partial charge in [-0.3, -0.25) is 4.90 Å². The second-order valence-electron chi connectivity index (χ2n) is 6.88. The zero-order chi connectivity index (χ0) is 15.1. The zero-order valence-corrected chi connectivity index (χ0v) is 13.6. The van der Waals surface area contributed by atoms with Crippen LogP contribution >= 0.6 is 0 Å². The number of nitrogens with zero attached hydrogens (tertiary/aromatic N) is 1. The van der Waals surface area contributed by atoms with Crippen molar-refractivity contribution in [3.8, 4) is 0 Å². The lowest BCUT2D eigenvalue weighted by atomic mass is 9.65. The highest BCUT2D eigenvalue weighted by atomic mass is 32.2. The molecule has 1 saturated carbocycles. The van der Waals surface area contributed by atoms with Crippen molar-refractivity contribution in [3.05, 3.63) is 35.4 Å². The van der Waals surface area contributed by atoms with E-state index in [-0.39, 0.29) is 6.04 Å². The highest BCUT2D eigenvalue weighted by Gasteiger charge is 2.48. The molecule has 1 aliphatic carbocycles. The summed E-state index contributed by atoms with van der Waals surface area (Å²) >= 11 is 0. The van der Waals surface area contributed by atoms with E-state index in [1.165, 1.54) is 23.8 Å². The molecule has 0 radical (unpaired) electrons. The SMILES string of the molecule is Cc1ccccc1CN1CCC2(CC(NS(C)(=O)=O)C2)C1. The molecule has 0 atom stereocenters. The van der Waals surface area contributed by atoms with Crippen LogP contribution in [0.2, 0.25) is 0 Å². The van der Waals surface area contributed by atoms with E-state index in [0.29, 0.717) is 5.41 Å². The lowest BCUT2D eigenvalue weighted by Gasteiger charge is -2.45. The van der Waals surface area contributed by atoms with Crippen LogP contribution in [0.3, 0.4) is 0 Å². The number of sulfonamides is 1. The van der Waals surface area contributed by atoms with Gasteiger partial charge in [-0.1, -0.05) is 24.3 Å². The second-order valence-corrected chi connectivity index (χ2v) is 8.66. The Labute approximate surface area is 127 Å². The molecule has 1 aliphatic heterocycles. The summed E-state index contributed by atoms with van der Waals surface area (Å²) in [6.45, 7) is 5.40. The standard InChI is InChI=1S/C16H24N2O2S/c1-13-5-3-4-6-14(13)11-18-8-7-16(12-18)9-15(10-16)17-21(2,19)20/h3-6,15,17H,7-12H2,1-2H3. The predicted octanol–water partition coefficient (Wildman–Crippen LogP) is 1.90. The van der Waals surface area contributed by atoms with Crippen LogP contribution in [0.4, 0.5) is 0 Å². The number of benzene rings is 1. The fourth-order valence-electron chi connectivity index (χ4n) is 3.90. The molecule has 116 valence electrons. The topological polar surface area (TPSA) is 49.4 Å². The Kier molecular flexibility index (Phi) is 3.84. The van der Waals surface area contributed by atoms with Gasteiger partial charge in [0, 0.05) is 19.1 Å². The van der Waals surface area contributed by atoms with E-state index in [0.717, 1.165) is 32.5 Å². The van der Waals surface area contributed by atoms with Gasteiger partial charge in [-0.15, -0.1) is 0 Å². The summed E-state index contributed by atoms with van der Waals surface area (Å²) < 4.78 is 25.3. The fourth-order valence-corrected chi connectivity index (χ4v) is 4.67. The van der Waals surface area contributed by atoms with E-state index < -0.39 is 10.0 Å². The summed E-state index contributed by atoms with van der Waals surface area (Å²) in [5.41, 5.74) is 3.11. The van der Waals surface area contributed by atoms with Crippen molar-refractivity contribution >= 4 is 10.0 Å². The molecule has 3 rings (SSSR count). The maximum Gasteiger partial charge on any atom is 0.208 e. The van der Waals surface area contributed by atoms with E-state index in [1.54, 1.807) is 0 Å². The van der Waals surface area contributed by atoms with E-state index in [1.807, 2.05) is 0 Å². The molecule has 1 saturated heterocycles. The molecule has 1 N–H and O–H groups in total. The van der Waals surface area contributed by atoms with Gasteiger partial charge in [0.2, 0.25) is 10.0 Å². The summed E-state index contributed by atoms with van der Waals surface area (Å²) in [6.07, 6.45) is 4.42. The van der Waals surface area contributed by atoms with Crippen molar-refractivity contribution in [1.29, 1.82) is 0 Å². The first kappa shape index (κ1) is 15.0.